The number of esters is 4. The number of rotatable bonds is 77. The van der Waals surface area contributed by atoms with Crippen molar-refractivity contribution in [3.05, 3.63) is 0 Å². The lowest BCUT2D eigenvalue weighted by Gasteiger charge is -2.21. The fourth-order valence-electron chi connectivity index (χ4n) is 12.1. The summed E-state index contributed by atoms with van der Waals surface area (Å²) in [6.45, 7) is 12.0. The Hall–Kier alpha value is -1.94. The zero-order chi connectivity index (χ0) is 72.3. The Labute approximate surface area is 600 Å². The van der Waals surface area contributed by atoms with Crippen molar-refractivity contribution in [1.29, 1.82) is 0 Å². The van der Waals surface area contributed by atoms with Gasteiger partial charge in [0.15, 0.2) is 12.2 Å². The second kappa shape index (κ2) is 69.4. The Morgan fingerprint density at radius 1 is 0.276 bits per heavy atom. The molecular formula is C79H154O17P2. The molecule has 5 atom stereocenters. The SMILES string of the molecule is CCCCCCCCCCCC(=O)OC[C@H](COP(=O)(O)OC[C@H](O)COP(=O)(O)OC[C@@H](COC(=O)CCCCCCCCCCCCCCCC(C)C)OC(=O)CCCCCCCCCCCCCCCCC(C)C)OC(=O)CCCCCCCCCCCCCCCC(C)C. The average Bonchev–Trinajstić information content (AvgIpc) is 1.03. The summed E-state index contributed by atoms with van der Waals surface area (Å²) in [5, 5.41) is 10.6. The Balaban J connectivity index is 5.23. The lowest BCUT2D eigenvalue weighted by atomic mass is 10.0. The number of phosphoric ester groups is 2. The molecule has 0 rings (SSSR count). The summed E-state index contributed by atoms with van der Waals surface area (Å²) in [5.41, 5.74) is 0. The quantitative estimate of drug-likeness (QED) is 0.0222. The minimum absolute atomic E-state index is 0.107. The van der Waals surface area contributed by atoms with Gasteiger partial charge in [-0.05, 0) is 43.4 Å². The van der Waals surface area contributed by atoms with Gasteiger partial charge in [-0.3, -0.25) is 37.3 Å². The molecule has 0 aliphatic heterocycles. The van der Waals surface area contributed by atoms with E-state index in [4.69, 9.17) is 37.0 Å². The van der Waals surface area contributed by atoms with Crippen LogP contribution in [-0.4, -0.2) is 96.7 Å². The van der Waals surface area contributed by atoms with Crippen molar-refractivity contribution >= 4 is 39.5 Å². The summed E-state index contributed by atoms with van der Waals surface area (Å²) in [6.07, 6.45) is 56.8. The highest BCUT2D eigenvalue weighted by Crippen LogP contribution is 2.45. The third kappa shape index (κ3) is 72.4. The highest BCUT2D eigenvalue weighted by atomic mass is 31.2. The van der Waals surface area contributed by atoms with Gasteiger partial charge in [-0.2, -0.15) is 0 Å². The maximum absolute atomic E-state index is 13.1. The van der Waals surface area contributed by atoms with Crippen molar-refractivity contribution in [1.82, 2.24) is 0 Å². The normalized spacial score (nSPS) is 14.0. The van der Waals surface area contributed by atoms with E-state index in [0.29, 0.717) is 25.7 Å². The molecule has 0 bridgehead atoms. The molecular weight excluding hydrogens is 1280 g/mol. The van der Waals surface area contributed by atoms with Gasteiger partial charge in [-0.1, -0.05) is 357 Å². The molecule has 0 aliphatic carbocycles. The van der Waals surface area contributed by atoms with E-state index in [2.05, 4.69) is 48.5 Å². The molecule has 19 heteroatoms. The first kappa shape index (κ1) is 96.1. The molecule has 3 N–H and O–H groups in total. The first-order valence-electron chi connectivity index (χ1n) is 40.8. The minimum Gasteiger partial charge on any atom is -0.462 e. The first-order valence-corrected chi connectivity index (χ1v) is 43.8. The zero-order valence-electron chi connectivity index (χ0n) is 64.3. The highest BCUT2D eigenvalue weighted by Gasteiger charge is 2.30. The molecule has 0 aromatic rings. The van der Waals surface area contributed by atoms with Crippen LogP contribution in [0, 0.1) is 17.8 Å². The monoisotopic (exact) mass is 1440 g/mol. The van der Waals surface area contributed by atoms with Crippen LogP contribution in [0.3, 0.4) is 0 Å². The summed E-state index contributed by atoms with van der Waals surface area (Å²) in [5.74, 6) is 0.260. The summed E-state index contributed by atoms with van der Waals surface area (Å²) in [6, 6.07) is 0. The highest BCUT2D eigenvalue weighted by molar-refractivity contribution is 7.47. The van der Waals surface area contributed by atoms with E-state index in [0.717, 1.165) is 108 Å². The van der Waals surface area contributed by atoms with Gasteiger partial charge in [0.25, 0.3) is 0 Å². The molecule has 0 amide bonds. The fraction of sp³-hybridized carbons (Fsp3) is 0.949. The number of phosphoric acid groups is 2. The van der Waals surface area contributed by atoms with Crippen molar-refractivity contribution in [2.24, 2.45) is 17.8 Å². The molecule has 17 nitrogen and oxygen atoms in total. The van der Waals surface area contributed by atoms with Gasteiger partial charge in [0.2, 0.25) is 0 Å². The Morgan fingerprint density at radius 3 is 0.694 bits per heavy atom. The molecule has 0 aromatic carbocycles. The van der Waals surface area contributed by atoms with Gasteiger partial charge in [0.05, 0.1) is 26.4 Å². The maximum atomic E-state index is 13.1. The Bertz CT molecular complexity index is 1900. The van der Waals surface area contributed by atoms with Crippen molar-refractivity contribution in [3.63, 3.8) is 0 Å². The summed E-state index contributed by atoms with van der Waals surface area (Å²) < 4.78 is 68.6. The lowest BCUT2D eigenvalue weighted by Crippen LogP contribution is -2.30. The molecule has 0 saturated heterocycles. The molecule has 0 radical (unpaired) electrons. The molecule has 582 valence electrons. The van der Waals surface area contributed by atoms with Crippen LogP contribution in [0.15, 0.2) is 0 Å². The number of ether oxygens (including phenoxy) is 4. The second-order valence-electron chi connectivity index (χ2n) is 29.9. The van der Waals surface area contributed by atoms with E-state index in [1.165, 1.54) is 218 Å². The van der Waals surface area contributed by atoms with Gasteiger partial charge in [0, 0.05) is 25.7 Å². The zero-order valence-corrected chi connectivity index (χ0v) is 66.0. The number of hydrogen-bond donors (Lipinski definition) is 3. The molecule has 0 heterocycles. The smallest absolute Gasteiger partial charge is 0.462 e. The Kier molecular flexibility index (Phi) is 68.1. The molecule has 0 aliphatic rings. The van der Waals surface area contributed by atoms with E-state index >= 15 is 0 Å². The predicted octanol–water partition coefficient (Wildman–Crippen LogP) is 23.4. The third-order valence-corrected chi connectivity index (χ3v) is 20.3. The second-order valence-corrected chi connectivity index (χ2v) is 32.8. The van der Waals surface area contributed by atoms with Crippen LogP contribution in [0.1, 0.15) is 408 Å². The average molecular weight is 1440 g/mol. The van der Waals surface area contributed by atoms with E-state index in [-0.39, 0.29) is 25.7 Å². The van der Waals surface area contributed by atoms with Crippen LogP contribution in [0.2, 0.25) is 0 Å². The number of carbonyl (C=O) groups is 4. The summed E-state index contributed by atoms with van der Waals surface area (Å²) in [4.78, 5) is 72.9. The number of carbonyl (C=O) groups excluding carboxylic acids is 4. The van der Waals surface area contributed by atoms with Crippen molar-refractivity contribution in [2.45, 2.75) is 426 Å². The van der Waals surface area contributed by atoms with Crippen LogP contribution < -0.4 is 0 Å². The van der Waals surface area contributed by atoms with Crippen LogP contribution in [-0.2, 0) is 65.4 Å². The standard InChI is InChI=1S/C79H154O17P2/c1-8-9-10-11-12-29-39-46-53-60-76(81)89-66-74(95-79(84)63-56-49-42-35-28-22-16-19-25-32-38-45-52-59-72(6)7)68-93-97(85,86)91-64-73(80)65-92-98(87,88)94-69-75(67-90-77(82)61-54-47-40-33-26-21-15-18-24-31-37-44-51-58-71(4)5)96-78(83)62-55-48-41-34-27-20-14-13-17-23-30-36-43-50-57-70(2)3/h70-75,80H,8-69H2,1-7H3,(H,85,86)(H,87,88)/t73-,74+,75+/m0/s1. The maximum Gasteiger partial charge on any atom is 0.472 e. The van der Waals surface area contributed by atoms with Crippen LogP contribution in [0.5, 0.6) is 0 Å². The van der Waals surface area contributed by atoms with E-state index < -0.39 is 97.5 Å². The summed E-state index contributed by atoms with van der Waals surface area (Å²) in [7, 11) is -9.92. The molecule has 0 fully saturated rings. The molecule has 0 saturated carbocycles. The van der Waals surface area contributed by atoms with Gasteiger partial charge >= 0.3 is 39.5 Å². The van der Waals surface area contributed by atoms with Gasteiger partial charge in [-0.25, -0.2) is 9.13 Å². The number of aliphatic hydroxyl groups is 1. The van der Waals surface area contributed by atoms with E-state index in [1.54, 1.807) is 0 Å². The van der Waals surface area contributed by atoms with Crippen LogP contribution in [0.25, 0.3) is 0 Å². The van der Waals surface area contributed by atoms with Gasteiger partial charge in [-0.15, -0.1) is 0 Å². The van der Waals surface area contributed by atoms with E-state index in [9.17, 15) is 43.2 Å². The van der Waals surface area contributed by atoms with Gasteiger partial charge in [0.1, 0.15) is 19.3 Å². The Morgan fingerprint density at radius 2 is 0.469 bits per heavy atom. The minimum atomic E-state index is -4.96. The molecule has 98 heavy (non-hydrogen) atoms. The van der Waals surface area contributed by atoms with Crippen molar-refractivity contribution in [2.75, 3.05) is 39.6 Å². The van der Waals surface area contributed by atoms with Crippen LogP contribution in [0.4, 0.5) is 0 Å². The largest absolute Gasteiger partial charge is 0.472 e. The van der Waals surface area contributed by atoms with Gasteiger partial charge < -0.3 is 33.8 Å². The lowest BCUT2D eigenvalue weighted by molar-refractivity contribution is -0.161. The third-order valence-electron chi connectivity index (χ3n) is 18.4. The first-order chi connectivity index (χ1) is 47.2. The number of hydrogen-bond acceptors (Lipinski definition) is 15. The van der Waals surface area contributed by atoms with Crippen LogP contribution >= 0.6 is 15.6 Å². The van der Waals surface area contributed by atoms with E-state index in [1.807, 2.05) is 0 Å². The van der Waals surface area contributed by atoms with Crippen molar-refractivity contribution in [3.8, 4) is 0 Å². The fourth-order valence-corrected chi connectivity index (χ4v) is 13.7. The summed E-state index contributed by atoms with van der Waals surface area (Å²) >= 11 is 0. The molecule has 0 aromatic heterocycles. The predicted molar refractivity (Wildman–Crippen MR) is 400 cm³/mol. The topological polar surface area (TPSA) is 237 Å². The number of unbranched alkanes of at least 4 members (excludes halogenated alkanes) is 45. The molecule has 0 spiro atoms. The molecule has 2 unspecified atom stereocenters. The number of aliphatic hydroxyl groups excluding tert-OH is 1. The van der Waals surface area contributed by atoms with Crippen molar-refractivity contribution < 1.29 is 80.2 Å².